The lowest BCUT2D eigenvalue weighted by Gasteiger charge is -2.33. The zero-order chi connectivity index (χ0) is 17.1. The van der Waals surface area contributed by atoms with Gasteiger partial charge >= 0.3 is 5.97 Å². The van der Waals surface area contributed by atoms with Gasteiger partial charge in [-0.2, -0.15) is 0 Å². The minimum absolute atomic E-state index is 0.215. The first-order valence-corrected chi connectivity index (χ1v) is 8.16. The third-order valence-electron chi connectivity index (χ3n) is 3.77. The Bertz CT molecular complexity index is 471. The van der Waals surface area contributed by atoms with E-state index in [2.05, 4.69) is 11.8 Å². The summed E-state index contributed by atoms with van der Waals surface area (Å²) in [4.78, 5) is 23.2. The van der Waals surface area contributed by atoms with E-state index >= 15 is 0 Å². The number of carbonyl (C=O) groups excluding carboxylic acids is 1. The number of hydrogen-bond donors (Lipinski definition) is 1. The molecule has 1 atom stereocenters. The summed E-state index contributed by atoms with van der Waals surface area (Å²) in [5.74, 6) is -1.05. The molecule has 23 heavy (non-hydrogen) atoms. The van der Waals surface area contributed by atoms with Crippen LogP contribution in [0, 0.1) is 0 Å². The van der Waals surface area contributed by atoms with Crippen LogP contribution in [0.2, 0.25) is 0 Å². The Balaban J connectivity index is 0.000000593. The van der Waals surface area contributed by atoms with E-state index in [1.54, 1.807) is 12.1 Å². The second kappa shape index (κ2) is 10.8. The predicted octanol–water partition coefficient (Wildman–Crippen LogP) is 3.20. The number of carbonyl (C=O) groups is 2. The van der Waals surface area contributed by atoms with Crippen LogP contribution in [0.25, 0.3) is 0 Å². The van der Waals surface area contributed by atoms with Crippen molar-refractivity contribution in [3.8, 4) is 0 Å². The number of piperidine rings is 1. The van der Waals surface area contributed by atoms with Gasteiger partial charge in [0.15, 0.2) is 0 Å². The molecule has 1 aromatic carbocycles. The highest BCUT2D eigenvalue weighted by Crippen LogP contribution is 2.16. The van der Waals surface area contributed by atoms with E-state index in [0.717, 1.165) is 19.9 Å². The number of nitrogens with zero attached hydrogens (tertiary/aromatic N) is 1. The molecule has 0 unspecified atom stereocenters. The third-order valence-corrected chi connectivity index (χ3v) is 3.77. The Hall–Kier alpha value is -1.88. The summed E-state index contributed by atoms with van der Waals surface area (Å²) in [5, 5.41) is 7.42. The molecular weight excluding hydrogens is 294 g/mol. The van der Waals surface area contributed by atoms with Gasteiger partial charge in [-0.1, -0.05) is 24.6 Å². The van der Waals surface area contributed by atoms with Crippen LogP contribution in [-0.4, -0.2) is 47.7 Å². The van der Waals surface area contributed by atoms with Crippen LogP contribution in [0.4, 0.5) is 0 Å². The predicted molar refractivity (Wildman–Crippen MR) is 89.5 cm³/mol. The molecule has 0 aliphatic carbocycles. The number of aliphatic carboxylic acids is 1. The van der Waals surface area contributed by atoms with Crippen molar-refractivity contribution in [3.63, 3.8) is 0 Å². The standard InChI is InChI=1S/C16H23NO2.C2H4O2/c1-14-8-5-6-11-17(14)12-7-13-19-16(18)15-9-3-2-4-10-15;1-2(3)4/h2-4,9-10,14H,5-8,11-13H2,1H3;1H3,(H,3,4)/t14-;/m1./s1. The smallest absolute Gasteiger partial charge is 0.338 e. The first kappa shape index (κ1) is 19.2. The summed E-state index contributed by atoms with van der Waals surface area (Å²) in [5.41, 5.74) is 0.633. The molecule has 0 spiro atoms. The summed E-state index contributed by atoms with van der Waals surface area (Å²) in [6.45, 7) is 6.10. The number of rotatable bonds is 5. The molecule has 5 nitrogen and oxygen atoms in total. The van der Waals surface area contributed by atoms with E-state index in [1.807, 2.05) is 18.2 Å². The summed E-state index contributed by atoms with van der Waals surface area (Å²) < 4.78 is 5.29. The quantitative estimate of drug-likeness (QED) is 0.666. The van der Waals surface area contributed by atoms with Crippen molar-refractivity contribution in [1.29, 1.82) is 0 Å². The van der Waals surface area contributed by atoms with Gasteiger partial charge in [-0.05, 0) is 44.9 Å². The molecule has 0 aromatic heterocycles. The monoisotopic (exact) mass is 321 g/mol. The zero-order valence-electron chi connectivity index (χ0n) is 14.0. The SMILES string of the molecule is CC(=O)O.C[C@@H]1CCCCN1CCCOC(=O)c1ccccc1. The fraction of sp³-hybridized carbons (Fsp3) is 0.556. The van der Waals surface area contributed by atoms with E-state index in [1.165, 1.54) is 25.8 Å². The Morgan fingerprint density at radius 3 is 2.52 bits per heavy atom. The maximum absolute atomic E-state index is 11.7. The molecule has 1 aromatic rings. The second-order valence-electron chi connectivity index (χ2n) is 5.76. The molecule has 0 radical (unpaired) electrons. The normalized spacial score (nSPS) is 17.7. The highest BCUT2D eigenvalue weighted by molar-refractivity contribution is 5.89. The van der Waals surface area contributed by atoms with Gasteiger partial charge < -0.3 is 14.7 Å². The minimum Gasteiger partial charge on any atom is -0.481 e. The van der Waals surface area contributed by atoms with Gasteiger partial charge in [-0.15, -0.1) is 0 Å². The van der Waals surface area contributed by atoms with Crippen LogP contribution >= 0.6 is 0 Å². The maximum atomic E-state index is 11.7. The van der Waals surface area contributed by atoms with Crippen LogP contribution in [0.15, 0.2) is 30.3 Å². The number of carboxylic acids is 1. The van der Waals surface area contributed by atoms with Gasteiger partial charge in [0.2, 0.25) is 0 Å². The zero-order valence-corrected chi connectivity index (χ0v) is 14.0. The van der Waals surface area contributed by atoms with E-state index in [4.69, 9.17) is 14.6 Å². The second-order valence-corrected chi connectivity index (χ2v) is 5.76. The van der Waals surface area contributed by atoms with Crippen LogP contribution in [0.1, 0.15) is 49.9 Å². The molecule has 1 heterocycles. The van der Waals surface area contributed by atoms with Crippen molar-refractivity contribution >= 4 is 11.9 Å². The van der Waals surface area contributed by atoms with Crippen molar-refractivity contribution < 1.29 is 19.4 Å². The number of esters is 1. The average molecular weight is 321 g/mol. The summed E-state index contributed by atoms with van der Waals surface area (Å²) >= 11 is 0. The van der Waals surface area contributed by atoms with Gasteiger partial charge in [0.05, 0.1) is 12.2 Å². The lowest BCUT2D eigenvalue weighted by Crippen LogP contribution is -2.38. The molecule has 0 saturated carbocycles. The van der Waals surface area contributed by atoms with Crippen molar-refractivity contribution in [2.24, 2.45) is 0 Å². The number of ether oxygens (including phenoxy) is 1. The Labute approximate surface area is 138 Å². The average Bonchev–Trinajstić information content (AvgIpc) is 2.53. The molecule has 1 saturated heterocycles. The van der Waals surface area contributed by atoms with Crippen molar-refractivity contribution in [3.05, 3.63) is 35.9 Å². The van der Waals surface area contributed by atoms with Gasteiger partial charge in [-0.25, -0.2) is 4.79 Å². The van der Waals surface area contributed by atoms with Crippen molar-refractivity contribution in [1.82, 2.24) is 4.90 Å². The maximum Gasteiger partial charge on any atom is 0.338 e. The molecular formula is C18H27NO4. The van der Waals surface area contributed by atoms with Gasteiger partial charge in [0, 0.05) is 19.5 Å². The third kappa shape index (κ3) is 8.35. The number of hydrogen-bond acceptors (Lipinski definition) is 4. The fourth-order valence-electron chi connectivity index (χ4n) is 2.58. The summed E-state index contributed by atoms with van der Waals surface area (Å²) in [7, 11) is 0. The first-order chi connectivity index (χ1) is 11.0. The van der Waals surface area contributed by atoms with E-state index < -0.39 is 5.97 Å². The van der Waals surface area contributed by atoms with Crippen LogP contribution in [-0.2, 0) is 9.53 Å². The highest BCUT2D eigenvalue weighted by Gasteiger charge is 2.17. The van der Waals surface area contributed by atoms with Gasteiger partial charge in [0.1, 0.15) is 0 Å². The lowest BCUT2D eigenvalue weighted by atomic mass is 10.0. The first-order valence-electron chi connectivity index (χ1n) is 8.16. The van der Waals surface area contributed by atoms with Gasteiger partial charge in [0.25, 0.3) is 5.97 Å². The molecule has 128 valence electrons. The number of benzene rings is 1. The molecule has 0 bridgehead atoms. The highest BCUT2D eigenvalue weighted by atomic mass is 16.5. The molecule has 5 heteroatoms. The molecule has 1 aliphatic rings. The minimum atomic E-state index is -0.833. The molecule has 1 fully saturated rings. The topological polar surface area (TPSA) is 66.8 Å². The van der Waals surface area contributed by atoms with E-state index in [9.17, 15) is 4.79 Å². The van der Waals surface area contributed by atoms with Crippen LogP contribution < -0.4 is 0 Å². The Morgan fingerprint density at radius 2 is 1.91 bits per heavy atom. The van der Waals surface area contributed by atoms with Crippen LogP contribution in [0.3, 0.4) is 0 Å². The summed E-state index contributed by atoms with van der Waals surface area (Å²) in [6, 6.07) is 9.86. The lowest BCUT2D eigenvalue weighted by molar-refractivity contribution is -0.134. The Kier molecular flexibility index (Phi) is 8.98. The molecule has 1 N–H and O–H groups in total. The molecule has 2 rings (SSSR count). The van der Waals surface area contributed by atoms with Crippen molar-refractivity contribution in [2.75, 3.05) is 19.7 Å². The number of carboxylic acid groups (broad SMARTS) is 1. The Morgan fingerprint density at radius 1 is 1.26 bits per heavy atom. The van der Waals surface area contributed by atoms with E-state index in [0.29, 0.717) is 18.2 Å². The fourth-order valence-corrected chi connectivity index (χ4v) is 2.58. The van der Waals surface area contributed by atoms with E-state index in [-0.39, 0.29) is 5.97 Å². The number of likely N-dealkylation sites (tertiary alicyclic amines) is 1. The van der Waals surface area contributed by atoms with Crippen molar-refractivity contribution in [2.45, 2.75) is 45.6 Å². The summed E-state index contributed by atoms with van der Waals surface area (Å²) in [6.07, 6.45) is 4.86. The molecule has 1 aliphatic heterocycles. The van der Waals surface area contributed by atoms with Crippen LogP contribution in [0.5, 0.6) is 0 Å². The van der Waals surface area contributed by atoms with Gasteiger partial charge in [-0.3, -0.25) is 4.79 Å². The molecule has 0 amide bonds. The largest absolute Gasteiger partial charge is 0.481 e.